The number of benzene rings is 2. The van der Waals surface area contributed by atoms with Crippen LogP contribution < -0.4 is 5.32 Å². The fourth-order valence-corrected chi connectivity index (χ4v) is 4.45. The van der Waals surface area contributed by atoms with Gasteiger partial charge in [-0.3, -0.25) is 24.7 Å². The molecule has 0 aromatic heterocycles. The Morgan fingerprint density at radius 3 is 2.55 bits per heavy atom. The van der Waals surface area contributed by atoms with Gasteiger partial charge in [-0.2, -0.15) is 0 Å². The Morgan fingerprint density at radius 2 is 1.79 bits per heavy atom. The summed E-state index contributed by atoms with van der Waals surface area (Å²) in [6.07, 6.45) is 4.06. The molecule has 174 valence electrons. The quantitative estimate of drug-likeness (QED) is 0.314. The highest BCUT2D eigenvalue weighted by molar-refractivity contribution is 6.00. The van der Waals surface area contributed by atoms with Gasteiger partial charge in [0.1, 0.15) is 6.04 Å². The molecule has 0 saturated carbocycles. The first-order chi connectivity index (χ1) is 16.0. The second-order valence-corrected chi connectivity index (χ2v) is 8.61. The molecule has 2 aliphatic rings. The van der Waals surface area contributed by atoms with Crippen LogP contribution in [0.5, 0.6) is 0 Å². The summed E-state index contributed by atoms with van der Waals surface area (Å²) in [5.41, 5.74) is 0.677. The van der Waals surface area contributed by atoms with Gasteiger partial charge in [0.2, 0.25) is 11.8 Å². The third-order valence-electron chi connectivity index (χ3n) is 6.17. The van der Waals surface area contributed by atoms with Gasteiger partial charge in [-0.05, 0) is 55.0 Å². The van der Waals surface area contributed by atoms with Crippen molar-refractivity contribution in [3.8, 4) is 0 Å². The molecule has 0 bridgehead atoms. The number of nitrogens with one attached hydrogen (secondary N) is 1. The van der Waals surface area contributed by atoms with Crippen molar-refractivity contribution in [3.63, 3.8) is 0 Å². The number of amides is 2. The third kappa shape index (κ3) is 5.85. The van der Waals surface area contributed by atoms with Gasteiger partial charge in [0.15, 0.2) is 5.84 Å². The van der Waals surface area contributed by atoms with Crippen molar-refractivity contribution >= 4 is 34.1 Å². The first-order valence-electron chi connectivity index (χ1n) is 11.5. The lowest BCUT2D eigenvalue weighted by atomic mass is 10.1. The topological polar surface area (TPSA) is 108 Å². The Bertz CT molecular complexity index is 1060. The highest BCUT2D eigenvalue weighted by Crippen LogP contribution is 2.20. The first kappa shape index (κ1) is 22.7. The summed E-state index contributed by atoms with van der Waals surface area (Å²) in [7, 11) is 0. The molecule has 9 nitrogen and oxygen atoms in total. The summed E-state index contributed by atoms with van der Waals surface area (Å²) in [5, 5.41) is 16.4. The van der Waals surface area contributed by atoms with Gasteiger partial charge in [0, 0.05) is 30.2 Å². The number of aliphatic imine (C=N–C) groups is 1. The average Bonchev–Trinajstić information content (AvgIpc) is 3.29. The van der Waals surface area contributed by atoms with E-state index < -0.39 is 17.5 Å². The van der Waals surface area contributed by atoms with Crippen LogP contribution in [-0.2, 0) is 9.59 Å². The standard InChI is InChI=1S/C24H29N5O4/c30-23(27-12-5-6-13-27)17-28-14-4-3-9-21(24(28)31)26-22(16-29(32)33)25-20-11-10-18-7-1-2-8-19(18)15-20/h1-2,7-8,10-11,15,21H,3-6,9,12-14,16-17H2,(H,25,26). The Labute approximate surface area is 192 Å². The van der Waals surface area contributed by atoms with Crippen LogP contribution in [-0.4, -0.2) is 71.1 Å². The molecule has 1 atom stereocenters. The van der Waals surface area contributed by atoms with Crippen molar-refractivity contribution in [2.45, 2.75) is 38.1 Å². The normalized spacial score (nSPS) is 19.6. The maximum absolute atomic E-state index is 13.2. The molecule has 2 saturated heterocycles. The molecule has 9 heteroatoms. The van der Waals surface area contributed by atoms with Crippen molar-refractivity contribution in [2.24, 2.45) is 4.99 Å². The van der Waals surface area contributed by atoms with E-state index in [4.69, 9.17) is 0 Å². The molecule has 33 heavy (non-hydrogen) atoms. The largest absolute Gasteiger partial charge is 0.341 e. The minimum Gasteiger partial charge on any atom is -0.341 e. The van der Waals surface area contributed by atoms with Crippen LogP contribution in [0, 0.1) is 10.1 Å². The summed E-state index contributed by atoms with van der Waals surface area (Å²) >= 11 is 0. The number of carbonyl (C=O) groups is 2. The number of hydrogen-bond donors (Lipinski definition) is 1. The van der Waals surface area contributed by atoms with Crippen LogP contribution in [0.1, 0.15) is 32.1 Å². The van der Waals surface area contributed by atoms with E-state index >= 15 is 0 Å². The van der Waals surface area contributed by atoms with Gasteiger partial charge in [-0.25, -0.2) is 0 Å². The van der Waals surface area contributed by atoms with E-state index in [0.29, 0.717) is 18.7 Å². The van der Waals surface area contributed by atoms with E-state index in [1.54, 1.807) is 9.80 Å². The molecule has 1 N–H and O–H groups in total. The van der Waals surface area contributed by atoms with E-state index in [1.807, 2.05) is 42.5 Å². The molecule has 2 aromatic rings. The van der Waals surface area contributed by atoms with Crippen LogP contribution in [0.3, 0.4) is 0 Å². The second-order valence-electron chi connectivity index (χ2n) is 8.61. The molecular weight excluding hydrogens is 422 g/mol. The van der Waals surface area contributed by atoms with Gasteiger partial charge in [-0.15, -0.1) is 0 Å². The molecule has 4 rings (SSSR count). The second kappa shape index (κ2) is 10.4. The molecule has 2 aliphatic heterocycles. The van der Waals surface area contributed by atoms with Crippen LogP contribution in [0.15, 0.2) is 47.5 Å². The van der Waals surface area contributed by atoms with E-state index in [9.17, 15) is 19.7 Å². The lowest BCUT2D eigenvalue weighted by Crippen LogP contribution is -2.45. The number of carbonyl (C=O) groups excluding carboxylic acids is 2. The summed E-state index contributed by atoms with van der Waals surface area (Å²) in [6.45, 7) is 1.53. The van der Waals surface area contributed by atoms with Gasteiger partial charge in [-0.1, -0.05) is 30.3 Å². The number of hydrogen-bond acceptors (Lipinski definition) is 5. The Kier molecular flexibility index (Phi) is 7.16. The minimum atomic E-state index is -0.734. The highest BCUT2D eigenvalue weighted by Gasteiger charge is 2.30. The van der Waals surface area contributed by atoms with Gasteiger partial charge in [0.05, 0.1) is 6.54 Å². The smallest absolute Gasteiger partial charge is 0.260 e. The van der Waals surface area contributed by atoms with E-state index in [0.717, 1.165) is 49.5 Å². The fourth-order valence-electron chi connectivity index (χ4n) is 4.45. The van der Waals surface area contributed by atoms with Crippen molar-refractivity contribution in [2.75, 3.05) is 38.0 Å². The summed E-state index contributed by atoms with van der Waals surface area (Å²) in [5.74, 6) is -0.132. The Balaban J connectivity index is 1.52. The number of anilines is 1. The fraction of sp³-hybridized carbons (Fsp3) is 0.458. The molecule has 2 fully saturated rings. The SMILES string of the molecule is O=C(CN1CCCCC(N=C(C[N+](=O)[O-])Nc2ccc3ccccc3c2)C1=O)N1CCCC1. The Hall–Kier alpha value is -3.49. The molecule has 0 radical (unpaired) electrons. The van der Waals surface area contributed by atoms with Crippen molar-refractivity contribution in [1.82, 2.24) is 9.80 Å². The lowest BCUT2D eigenvalue weighted by Gasteiger charge is -2.25. The number of nitro groups is 1. The number of amidine groups is 1. The van der Waals surface area contributed by atoms with E-state index in [1.165, 1.54) is 0 Å². The number of likely N-dealkylation sites (tertiary alicyclic amines) is 2. The minimum absolute atomic E-state index is 0.0368. The zero-order valence-electron chi connectivity index (χ0n) is 18.6. The molecule has 0 aliphatic carbocycles. The average molecular weight is 452 g/mol. The van der Waals surface area contributed by atoms with Gasteiger partial charge in [0.25, 0.3) is 6.54 Å². The molecule has 2 heterocycles. The van der Waals surface area contributed by atoms with Crippen molar-refractivity contribution < 1.29 is 14.5 Å². The summed E-state index contributed by atoms with van der Waals surface area (Å²) in [6, 6.07) is 12.8. The maximum atomic E-state index is 13.2. The third-order valence-corrected chi connectivity index (χ3v) is 6.17. The monoisotopic (exact) mass is 451 g/mol. The van der Waals surface area contributed by atoms with Crippen molar-refractivity contribution in [3.05, 3.63) is 52.6 Å². The summed E-state index contributed by atoms with van der Waals surface area (Å²) < 4.78 is 0. The molecule has 2 amide bonds. The number of nitrogens with zero attached hydrogens (tertiary/aromatic N) is 4. The zero-order valence-corrected chi connectivity index (χ0v) is 18.6. The van der Waals surface area contributed by atoms with Crippen LogP contribution in [0.4, 0.5) is 5.69 Å². The van der Waals surface area contributed by atoms with Gasteiger partial charge >= 0.3 is 0 Å². The van der Waals surface area contributed by atoms with Gasteiger partial charge < -0.3 is 15.1 Å². The van der Waals surface area contributed by atoms with Crippen LogP contribution in [0.25, 0.3) is 10.8 Å². The highest BCUT2D eigenvalue weighted by atomic mass is 16.6. The number of rotatable bonds is 6. The molecular formula is C24H29N5O4. The van der Waals surface area contributed by atoms with Crippen molar-refractivity contribution in [1.29, 1.82) is 0 Å². The van der Waals surface area contributed by atoms with E-state index in [-0.39, 0.29) is 24.2 Å². The summed E-state index contributed by atoms with van der Waals surface area (Å²) in [4.78, 5) is 44.5. The number of fused-ring (bicyclic) bond motifs is 1. The Morgan fingerprint density at radius 1 is 1.06 bits per heavy atom. The van der Waals surface area contributed by atoms with Crippen LogP contribution >= 0.6 is 0 Å². The first-order valence-corrected chi connectivity index (χ1v) is 11.5. The predicted octanol–water partition coefficient (Wildman–Crippen LogP) is 2.93. The predicted molar refractivity (Wildman–Crippen MR) is 127 cm³/mol. The van der Waals surface area contributed by atoms with E-state index in [2.05, 4.69) is 10.3 Å². The lowest BCUT2D eigenvalue weighted by molar-refractivity contribution is -0.463. The maximum Gasteiger partial charge on any atom is 0.260 e. The molecule has 1 unspecified atom stereocenters. The van der Waals surface area contributed by atoms with Crippen LogP contribution in [0.2, 0.25) is 0 Å². The zero-order chi connectivity index (χ0) is 23.2. The molecule has 2 aromatic carbocycles. The molecule has 0 spiro atoms.